The van der Waals surface area contributed by atoms with E-state index in [0.29, 0.717) is 31.0 Å². The second-order valence-electron chi connectivity index (χ2n) is 6.95. The van der Waals surface area contributed by atoms with Gasteiger partial charge in [-0.3, -0.25) is 4.90 Å². The number of fused-ring (bicyclic) bond motifs is 4. The molecule has 0 aliphatic carbocycles. The molecular weight excluding hydrogens is 366 g/mol. The number of tetrazole rings is 1. The fraction of sp³-hybridized carbons (Fsp3) is 0.500. The van der Waals surface area contributed by atoms with E-state index in [-0.39, 0.29) is 16.7 Å². The third kappa shape index (κ3) is 2.59. The first kappa shape index (κ1) is 16.6. The number of hydrogen-bond acceptors (Lipinski definition) is 6. The Labute approximate surface area is 150 Å². The Morgan fingerprint density at radius 1 is 1.11 bits per heavy atom. The lowest BCUT2D eigenvalue weighted by Crippen LogP contribution is -2.50. The normalized spacial score (nSPS) is 21.3. The van der Waals surface area contributed by atoms with Gasteiger partial charge in [0.25, 0.3) is 0 Å². The molecular formula is C16H15F4N7. The molecule has 5 rings (SSSR count). The third-order valence-corrected chi connectivity index (χ3v) is 5.37. The second-order valence-corrected chi connectivity index (χ2v) is 6.95. The van der Waals surface area contributed by atoms with Crippen LogP contribution in [0.25, 0.3) is 16.7 Å². The van der Waals surface area contributed by atoms with Crippen LogP contribution in [0, 0.1) is 5.82 Å². The van der Waals surface area contributed by atoms with Crippen molar-refractivity contribution in [1.82, 2.24) is 29.9 Å². The summed E-state index contributed by atoms with van der Waals surface area (Å²) in [6, 6.07) is 1.68. The van der Waals surface area contributed by atoms with Gasteiger partial charge in [-0.25, -0.2) is 9.37 Å². The van der Waals surface area contributed by atoms with Crippen LogP contribution in [0.15, 0.2) is 12.1 Å². The van der Waals surface area contributed by atoms with E-state index in [1.807, 2.05) is 4.90 Å². The van der Waals surface area contributed by atoms with Crippen molar-refractivity contribution in [1.29, 1.82) is 0 Å². The molecule has 2 aliphatic heterocycles. The number of rotatable bonds is 1. The zero-order valence-corrected chi connectivity index (χ0v) is 14.1. The predicted molar refractivity (Wildman–Crippen MR) is 87.9 cm³/mol. The summed E-state index contributed by atoms with van der Waals surface area (Å²) >= 11 is 0. The molecule has 1 atom stereocenters. The Morgan fingerprint density at radius 3 is 2.78 bits per heavy atom. The average Bonchev–Trinajstić information content (AvgIpc) is 3.29. The van der Waals surface area contributed by atoms with Gasteiger partial charge in [-0.1, -0.05) is 0 Å². The molecule has 2 aromatic heterocycles. The summed E-state index contributed by atoms with van der Waals surface area (Å²) in [7, 11) is 0. The highest BCUT2D eigenvalue weighted by Crippen LogP contribution is 2.34. The number of aromatic nitrogens is 5. The molecule has 4 heterocycles. The van der Waals surface area contributed by atoms with Crippen molar-refractivity contribution in [2.24, 2.45) is 0 Å². The van der Waals surface area contributed by atoms with Crippen LogP contribution in [-0.2, 0) is 6.18 Å². The Morgan fingerprint density at radius 2 is 1.96 bits per heavy atom. The molecule has 27 heavy (non-hydrogen) atoms. The molecule has 0 amide bonds. The van der Waals surface area contributed by atoms with E-state index in [4.69, 9.17) is 0 Å². The van der Waals surface area contributed by atoms with Crippen molar-refractivity contribution in [3.8, 4) is 0 Å². The fourth-order valence-corrected chi connectivity index (χ4v) is 4.06. The Hall–Kier alpha value is -2.56. The highest BCUT2D eigenvalue weighted by molar-refractivity contribution is 5.83. The number of hydrogen-bond donors (Lipinski definition) is 0. The topological polar surface area (TPSA) is 62.5 Å². The molecule has 0 bridgehead atoms. The molecule has 1 unspecified atom stereocenters. The summed E-state index contributed by atoms with van der Waals surface area (Å²) in [4.78, 5) is 8.74. The molecule has 0 spiro atoms. The van der Waals surface area contributed by atoms with Gasteiger partial charge in [0.05, 0.1) is 11.1 Å². The predicted octanol–water partition coefficient (Wildman–Crippen LogP) is 2.11. The summed E-state index contributed by atoms with van der Waals surface area (Å²) in [5.41, 5.74) is -1.15. The quantitative estimate of drug-likeness (QED) is 0.602. The maximum atomic E-state index is 14.5. The molecule has 0 N–H and O–H groups in total. The van der Waals surface area contributed by atoms with E-state index < -0.39 is 17.6 Å². The lowest BCUT2D eigenvalue weighted by molar-refractivity contribution is -0.137. The van der Waals surface area contributed by atoms with Crippen molar-refractivity contribution in [2.45, 2.75) is 25.1 Å². The fourth-order valence-electron chi connectivity index (χ4n) is 4.06. The van der Waals surface area contributed by atoms with Crippen LogP contribution in [0.3, 0.4) is 0 Å². The van der Waals surface area contributed by atoms with Crippen molar-refractivity contribution >= 4 is 22.5 Å². The number of halogens is 4. The van der Waals surface area contributed by atoms with Gasteiger partial charge >= 0.3 is 6.18 Å². The standard InChI is InChI=1S/C16H15F4N7/c17-11-6-9(16(18,19)20)7-12-13(11)21-14(15-22-23-24-27(12)15)26-5-4-25-3-1-2-10(25)8-26/h6-7,10H,1-5,8H2. The molecule has 2 fully saturated rings. The second kappa shape index (κ2) is 5.72. The third-order valence-electron chi connectivity index (χ3n) is 5.37. The van der Waals surface area contributed by atoms with E-state index in [9.17, 15) is 17.6 Å². The van der Waals surface area contributed by atoms with Crippen LogP contribution in [0.2, 0.25) is 0 Å². The minimum atomic E-state index is -4.67. The highest BCUT2D eigenvalue weighted by atomic mass is 19.4. The summed E-state index contributed by atoms with van der Waals surface area (Å²) < 4.78 is 54.8. The lowest BCUT2D eigenvalue weighted by Gasteiger charge is -2.38. The smallest absolute Gasteiger partial charge is 0.351 e. The van der Waals surface area contributed by atoms with Crippen LogP contribution in [0.4, 0.5) is 23.4 Å². The van der Waals surface area contributed by atoms with E-state index >= 15 is 0 Å². The molecule has 2 aliphatic rings. The Bertz CT molecular complexity index is 1030. The van der Waals surface area contributed by atoms with Gasteiger partial charge in [0.1, 0.15) is 5.52 Å². The van der Waals surface area contributed by atoms with Gasteiger partial charge in [-0.05, 0) is 41.9 Å². The van der Waals surface area contributed by atoms with E-state index in [2.05, 4.69) is 25.4 Å². The van der Waals surface area contributed by atoms with Crippen LogP contribution >= 0.6 is 0 Å². The Kier molecular flexibility index (Phi) is 3.51. The number of nitrogens with zero attached hydrogens (tertiary/aromatic N) is 7. The maximum Gasteiger partial charge on any atom is 0.416 e. The first-order chi connectivity index (χ1) is 12.9. The first-order valence-corrected chi connectivity index (χ1v) is 8.69. The van der Waals surface area contributed by atoms with Crippen molar-refractivity contribution in [3.05, 3.63) is 23.5 Å². The number of benzene rings is 1. The summed E-state index contributed by atoms with van der Waals surface area (Å²) in [5, 5.41) is 11.3. The van der Waals surface area contributed by atoms with Crippen molar-refractivity contribution in [3.63, 3.8) is 0 Å². The summed E-state index contributed by atoms with van der Waals surface area (Å²) in [6.45, 7) is 3.32. The number of piperazine rings is 1. The van der Waals surface area contributed by atoms with Crippen molar-refractivity contribution in [2.75, 3.05) is 31.1 Å². The van der Waals surface area contributed by atoms with Crippen LogP contribution in [-0.4, -0.2) is 62.1 Å². The van der Waals surface area contributed by atoms with E-state index in [1.165, 1.54) is 0 Å². The van der Waals surface area contributed by atoms with Crippen molar-refractivity contribution < 1.29 is 17.6 Å². The Balaban J connectivity index is 1.67. The molecule has 142 valence electrons. The molecule has 7 nitrogen and oxygen atoms in total. The molecule has 0 saturated carbocycles. The van der Waals surface area contributed by atoms with Crippen LogP contribution in [0.1, 0.15) is 18.4 Å². The molecule has 2 saturated heterocycles. The van der Waals surface area contributed by atoms with Gasteiger partial charge in [0.2, 0.25) is 5.65 Å². The van der Waals surface area contributed by atoms with E-state index in [0.717, 1.165) is 36.5 Å². The van der Waals surface area contributed by atoms with Crippen LogP contribution in [0.5, 0.6) is 0 Å². The minimum Gasteiger partial charge on any atom is -0.351 e. The maximum absolute atomic E-state index is 14.5. The zero-order chi connectivity index (χ0) is 18.8. The molecule has 3 aromatic rings. The monoisotopic (exact) mass is 381 g/mol. The minimum absolute atomic E-state index is 0.106. The van der Waals surface area contributed by atoms with E-state index in [1.54, 1.807) is 0 Å². The van der Waals surface area contributed by atoms with Gasteiger partial charge in [-0.15, -0.1) is 5.10 Å². The van der Waals surface area contributed by atoms with Gasteiger partial charge in [0.15, 0.2) is 11.6 Å². The average molecular weight is 381 g/mol. The first-order valence-electron chi connectivity index (χ1n) is 8.69. The summed E-state index contributed by atoms with van der Waals surface area (Å²) in [6.07, 6.45) is -2.46. The molecule has 1 aromatic carbocycles. The zero-order valence-electron chi connectivity index (χ0n) is 14.1. The van der Waals surface area contributed by atoms with Crippen LogP contribution < -0.4 is 4.90 Å². The number of anilines is 1. The highest BCUT2D eigenvalue weighted by Gasteiger charge is 2.34. The number of alkyl halides is 3. The largest absolute Gasteiger partial charge is 0.416 e. The SMILES string of the molecule is Fc1cc(C(F)(F)F)cc2c1nc(N1CCN3CCCC3C1)c1nnnn12. The summed E-state index contributed by atoms with van der Waals surface area (Å²) in [5.74, 6) is -0.643. The van der Waals surface area contributed by atoms with Gasteiger partial charge in [-0.2, -0.15) is 17.7 Å². The van der Waals surface area contributed by atoms with Gasteiger partial charge in [0, 0.05) is 25.7 Å². The van der Waals surface area contributed by atoms with Gasteiger partial charge < -0.3 is 4.90 Å². The molecule has 11 heteroatoms. The molecule has 0 radical (unpaired) electrons. The lowest BCUT2D eigenvalue weighted by atomic mass is 10.1.